The summed E-state index contributed by atoms with van der Waals surface area (Å²) in [5, 5.41) is -0.147. The van der Waals surface area contributed by atoms with Gasteiger partial charge in [0.05, 0.1) is 11.8 Å². The van der Waals surface area contributed by atoms with E-state index in [0.29, 0.717) is 25.4 Å². The molecule has 2 aliphatic heterocycles. The Morgan fingerprint density at radius 1 is 1.14 bits per heavy atom. The third kappa shape index (κ3) is 3.25. The highest BCUT2D eigenvalue weighted by Crippen LogP contribution is 2.29. The maximum atomic E-state index is 12.4. The molecule has 0 bridgehead atoms. The van der Waals surface area contributed by atoms with E-state index in [1.54, 1.807) is 0 Å². The molecule has 0 spiro atoms. The Labute approximate surface area is 129 Å². The summed E-state index contributed by atoms with van der Waals surface area (Å²) in [4.78, 5) is 39.1. The first-order chi connectivity index (χ1) is 10.1. The number of likely N-dealkylation sites (tertiary alicyclic amines) is 1. The number of amides is 3. The lowest BCUT2D eigenvalue weighted by molar-refractivity contribution is -0.132. The quantitative estimate of drug-likeness (QED) is 0.802. The molecule has 116 valence electrons. The Morgan fingerprint density at radius 2 is 1.90 bits per heavy atom. The molecular weight excluding hydrogens is 288 g/mol. The molecule has 0 radical (unpaired) electrons. The first-order valence-electron chi connectivity index (χ1n) is 7.91. The van der Waals surface area contributed by atoms with Gasteiger partial charge in [-0.1, -0.05) is 31.0 Å². The van der Waals surface area contributed by atoms with E-state index in [0.717, 1.165) is 18.2 Å². The van der Waals surface area contributed by atoms with Gasteiger partial charge < -0.3 is 4.90 Å². The van der Waals surface area contributed by atoms with Crippen molar-refractivity contribution in [2.24, 2.45) is 5.92 Å². The van der Waals surface area contributed by atoms with Gasteiger partial charge in [0, 0.05) is 19.5 Å². The Balaban J connectivity index is 1.52. The molecule has 3 fully saturated rings. The van der Waals surface area contributed by atoms with E-state index in [9.17, 15) is 14.4 Å². The van der Waals surface area contributed by atoms with Gasteiger partial charge in [-0.25, -0.2) is 0 Å². The fourth-order valence-electron chi connectivity index (χ4n) is 3.66. The third-order valence-corrected chi connectivity index (χ3v) is 5.69. The molecule has 0 aromatic rings. The average Bonchev–Trinajstić information content (AvgIpc) is 3.07. The van der Waals surface area contributed by atoms with Gasteiger partial charge in [0.1, 0.15) is 0 Å². The van der Waals surface area contributed by atoms with Crippen LogP contribution in [0.15, 0.2) is 0 Å². The lowest BCUT2D eigenvalue weighted by Gasteiger charge is -2.25. The van der Waals surface area contributed by atoms with Crippen LogP contribution in [0.4, 0.5) is 4.79 Å². The minimum atomic E-state index is -0.147. The van der Waals surface area contributed by atoms with Crippen molar-refractivity contribution in [3.63, 3.8) is 0 Å². The predicted octanol–water partition coefficient (Wildman–Crippen LogP) is 2.25. The molecule has 6 heteroatoms. The van der Waals surface area contributed by atoms with Crippen LogP contribution in [-0.2, 0) is 9.59 Å². The number of hydrogen-bond acceptors (Lipinski definition) is 4. The largest absolute Gasteiger partial charge is 0.341 e. The first-order valence-corrected chi connectivity index (χ1v) is 8.90. The summed E-state index contributed by atoms with van der Waals surface area (Å²) in [5.74, 6) is 0.898. The van der Waals surface area contributed by atoms with Crippen molar-refractivity contribution in [1.82, 2.24) is 9.80 Å². The third-order valence-electron chi connectivity index (χ3n) is 4.85. The van der Waals surface area contributed by atoms with E-state index in [4.69, 9.17) is 0 Å². The fourth-order valence-corrected chi connectivity index (χ4v) is 4.44. The predicted molar refractivity (Wildman–Crippen MR) is 80.9 cm³/mol. The highest BCUT2D eigenvalue weighted by molar-refractivity contribution is 8.14. The molecule has 1 aliphatic carbocycles. The van der Waals surface area contributed by atoms with Gasteiger partial charge in [0.15, 0.2) is 0 Å². The molecule has 2 saturated heterocycles. The molecular formula is C15H22N2O3S. The first kappa shape index (κ1) is 14.9. The molecule has 1 saturated carbocycles. The van der Waals surface area contributed by atoms with Crippen LogP contribution in [0.3, 0.4) is 0 Å². The van der Waals surface area contributed by atoms with Crippen molar-refractivity contribution in [2.45, 2.75) is 51.0 Å². The minimum Gasteiger partial charge on any atom is -0.341 e. The second kappa shape index (κ2) is 6.38. The monoisotopic (exact) mass is 310 g/mol. The Morgan fingerprint density at radius 3 is 2.57 bits per heavy atom. The molecule has 3 rings (SSSR count). The average molecular weight is 310 g/mol. The highest BCUT2D eigenvalue weighted by Gasteiger charge is 2.40. The van der Waals surface area contributed by atoms with Crippen LogP contribution in [0.2, 0.25) is 0 Å². The molecule has 3 aliphatic rings. The molecule has 1 unspecified atom stereocenters. The fraction of sp³-hybridized carbons (Fsp3) is 0.800. The molecule has 21 heavy (non-hydrogen) atoms. The topological polar surface area (TPSA) is 57.7 Å². The smallest absolute Gasteiger partial charge is 0.289 e. The van der Waals surface area contributed by atoms with Crippen LogP contribution in [0.5, 0.6) is 0 Å². The van der Waals surface area contributed by atoms with Gasteiger partial charge >= 0.3 is 0 Å². The van der Waals surface area contributed by atoms with Gasteiger partial charge in [-0.05, 0) is 25.2 Å². The van der Waals surface area contributed by atoms with Crippen LogP contribution in [0.1, 0.15) is 44.9 Å². The standard InChI is InChI=1S/C15H22N2O3S/c18-13(8-11-4-2-1-3-5-11)16-7-6-12(9-16)17-14(19)10-21-15(17)20/h11-12H,1-10H2. The van der Waals surface area contributed by atoms with Crippen molar-refractivity contribution >= 4 is 28.8 Å². The number of carbonyl (C=O) groups excluding carboxylic acids is 3. The maximum Gasteiger partial charge on any atom is 0.289 e. The van der Waals surface area contributed by atoms with E-state index >= 15 is 0 Å². The number of imide groups is 1. The normalized spacial score (nSPS) is 27.7. The van der Waals surface area contributed by atoms with Crippen LogP contribution < -0.4 is 0 Å². The zero-order chi connectivity index (χ0) is 14.8. The van der Waals surface area contributed by atoms with Crippen LogP contribution in [0, 0.1) is 5.92 Å². The van der Waals surface area contributed by atoms with Gasteiger partial charge in [-0.2, -0.15) is 0 Å². The van der Waals surface area contributed by atoms with Crippen LogP contribution >= 0.6 is 11.8 Å². The summed E-state index contributed by atoms with van der Waals surface area (Å²) in [6.07, 6.45) is 7.50. The summed E-state index contributed by atoms with van der Waals surface area (Å²) < 4.78 is 0. The molecule has 3 amide bonds. The number of thioether (sulfide) groups is 1. The minimum absolute atomic E-state index is 0.100. The summed E-state index contributed by atoms with van der Waals surface area (Å²) in [6, 6.07) is -0.102. The van der Waals surface area contributed by atoms with Gasteiger partial charge in [0.2, 0.25) is 11.8 Å². The van der Waals surface area contributed by atoms with E-state index in [-0.39, 0.29) is 28.8 Å². The summed E-state index contributed by atoms with van der Waals surface area (Å²) >= 11 is 1.07. The van der Waals surface area contributed by atoms with Gasteiger partial charge in [-0.15, -0.1) is 0 Å². The zero-order valence-corrected chi connectivity index (χ0v) is 13.1. The number of hydrogen-bond donors (Lipinski definition) is 0. The van der Waals surface area contributed by atoms with Crippen molar-refractivity contribution < 1.29 is 14.4 Å². The lowest BCUT2D eigenvalue weighted by Crippen LogP contribution is -2.41. The van der Waals surface area contributed by atoms with Crippen molar-refractivity contribution in [3.8, 4) is 0 Å². The lowest BCUT2D eigenvalue weighted by atomic mass is 9.87. The van der Waals surface area contributed by atoms with Crippen LogP contribution in [0.25, 0.3) is 0 Å². The molecule has 0 aromatic carbocycles. The SMILES string of the molecule is O=C(CC1CCCCC1)N1CCC(N2C(=O)CSC2=O)C1. The second-order valence-electron chi connectivity index (χ2n) is 6.31. The van der Waals surface area contributed by atoms with E-state index < -0.39 is 0 Å². The number of rotatable bonds is 3. The highest BCUT2D eigenvalue weighted by atomic mass is 32.2. The van der Waals surface area contributed by atoms with Gasteiger partial charge in [0.25, 0.3) is 5.24 Å². The van der Waals surface area contributed by atoms with E-state index in [2.05, 4.69) is 0 Å². The van der Waals surface area contributed by atoms with E-state index in [1.807, 2.05) is 4.90 Å². The Hall–Kier alpha value is -1.04. The zero-order valence-electron chi connectivity index (χ0n) is 12.3. The molecule has 0 aromatic heterocycles. The molecule has 0 N–H and O–H groups in total. The van der Waals surface area contributed by atoms with Crippen molar-refractivity contribution in [2.75, 3.05) is 18.8 Å². The molecule has 5 nitrogen and oxygen atoms in total. The summed E-state index contributed by atoms with van der Waals surface area (Å²) in [6.45, 7) is 1.21. The molecule has 1 atom stereocenters. The summed E-state index contributed by atoms with van der Waals surface area (Å²) in [7, 11) is 0. The van der Waals surface area contributed by atoms with Gasteiger partial charge in [-0.3, -0.25) is 19.3 Å². The second-order valence-corrected chi connectivity index (χ2v) is 7.24. The maximum absolute atomic E-state index is 12.4. The Bertz CT molecular complexity index is 432. The van der Waals surface area contributed by atoms with Crippen molar-refractivity contribution in [3.05, 3.63) is 0 Å². The van der Waals surface area contributed by atoms with E-state index in [1.165, 1.54) is 37.0 Å². The number of nitrogens with zero attached hydrogens (tertiary/aromatic N) is 2. The Kier molecular flexibility index (Phi) is 4.52. The summed E-state index contributed by atoms with van der Waals surface area (Å²) in [5.41, 5.74) is 0. The van der Waals surface area contributed by atoms with Crippen molar-refractivity contribution in [1.29, 1.82) is 0 Å². The molecule has 2 heterocycles. The van der Waals surface area contributed by atoms with Crippen LogP contribution in [-0.4, -0.2) is 51.7 Å². The number of carbonyl (C=O) groups is 3.